The minimum absolute atomic E-state index is 0.248. The lowest BCUT2D eigenvalue weighted by molar-refractivity contribution is 0.0991. The SMILES string of the molecule is Cc1cccc(CC(=O)c2ccccc2C2CCC2)c1. The Morgan fingerprint density at radius 3 is 2.60 bits per heavy atom. The Kier molecular flexibility index (Phi) is 3.68. The molecule has 0 aromatic heterocycles. The van der Waals surface area contributed by atoms with Gasteiger partial charge in [0.25, 0.3) is 0 Å². The Balaban J connectivity index is 1.83. The van der Waals surface area contributed by atoms with Crippen molar-refractivity contribution in [2.24, 2.45) is 0 Å². The van der Waals surface area contributed by atoms with Gasteiger partial charge in [0.2, 0.25) is 0 Å². The van der Waals surface area contributed by atoms with E-state index in [1.165, 1.54) is 30.4 Å². The predicted octanol–water partition coefficient (Wildman–Crippen LogP) is 4.69. The quantitative estimate of drug-likeness (QED) is 0.732. The summed E-state index contributed by atoms with van der Waals surface area (Å²) in [6, 6.07) is 16.4. The average Bonchev–Trinajstić information content (AvgIpc) is 2.37. The number of carbonyl (C=O) groups excluding carboxylic acids is 1. The van der Waals surface area contributed by atoms with Crippen molar-refractivity contribution in [3.05, 3.63) is 70.8 Å². The molecule has 0 N–H and O–H groups in total. The molecule has 0 unspecified atom stereocenters. The third kappa shape index (κ3) is 2.67. The highest BCUT2D eigenvalue weighted by Crippen LogP contribution is 2.38. The third-order valence-electron chi connectivity index (χ3n) is 4.25. The first-order valence-electron chi connectivity index (χ1n) is 7.42. The van der Waals surface area contributed by atoms with Crippen molar-refractivity contribution < 1.29 is 4.79 Å². The third-order valence-corrected chi connectivity index (χ3v) is 4.25. The zero-order valence-corrected chi connectivity index (χ0v) is 11.9. The molecule has 0 atom stereocenters. The number of rotatable bonds is 4. The fourth-order valence-corrected chi connectivity index (χ4v) is 2.93. The molecule has 2 aromatic rings. The summed E-state index contributed by atoms with van der Waals surface area (Å²) >= 11 is 0. The summed E-state index contributed by atoms with van der Waals surface area (Å²) in [7, 11) is 0. The van der Waals surface area contributed by atoms with Crippen LogP contribution in [0.3, 0.4) is 0 Å². The summed E-state index contributed by atoms with van der Waals surface area (Å²) in [5.74, 6) is 0.853. The highest BCUT2D eigenvalue weighted by molar-refractivity contribution is 5.99. The Hall–Kier alpha value is -1.89. The molecule has 0 radical (unpaired) electrons. The van der Waals surface area contributed by atoms with Crippen LogP contribution >= 0.6 is 0 Å². The van der Waals surface area contributed by atoms with Crippen molar-refractivity contribution in [2.75, 3.05) is 0 Å². The molecule has 0 amide bonds. The van der Waals surface area contributed by atoms with E-state index < -0.39 is 0 Å². The van der Waals surface area contributed by atoms with Gasteiger partial charge in [0, 0.05) is 12.0 Å². The van der Waals surface area contributed by atoms with E-state index in [9.17, 15) is 4.79 Å². The summed E-state index contributed by atoms with van der Waals surface area (Å²) in [6.45, 7) is 2.07. The molecule has 0 aliphatic heterocycles. The Bertz CT molecular complexity index is 623. The molecule has 1 heteroatoms. The molecule has 102 valence electrons. The molecule has 0 saturated heterocycles. The molecule has 3 rings (SSSR count). The van der Waals surface area contributed by atoms with Gasteiger partial charge in [0.15, 0.2) is 5.78 Å². The summed E-state index contributed by atoms with van der Waals surface area (Å²) in [5, 5.41) is 0. The molecule has 0 spiro atoms. The fraction of sp³-hybridized carbons (Fsp3) is 0.316. The molecule has 0 heterocycles. The van der Waals surface area contributed by atoms with Crippen LogP contribution in [0.1, 0.15) is 52.2 Å². The zero-order valence-electron chi connectivity index (χ0n) is 11.9. The van der Waals surface area contributed by atoms with Crippen LogP contribution in [0.15, 0.2) is 48.5 Å². The fourth-order valence-electron chi connectivity index (χ4n) is 2.93. The topological polar surface area (TPSA) is 17.1 Å². The minimum atomic E-state index is 0.248. The Morgan fingerprint density at radius 1 is 1.10 bits per heavy atom. The van der Waals surface area contributed by atoms with E-state index in [-0.39, 0.29) is 5.78 Å². The van der Waals surface area contributed by atoms with Gasteiger partial charge in [-0.15, -0.1) is 0 Å². The molecule has 1 aliphatic rings. The number of aryl methyl sites for hydroxylation is 1. The second kappa shape index (κ2) is 5.62. The number of ketones is 1. The largest absolute Gasteiger partial charge is 0.294 e. The molecule has 1 aliphatic carbocycles. The van der Waals surface area contributed by atoms with E-state index in [0.717, 1.165) is 11.1 Å². The Morgan fingerprint density at radius 2 is 1.90 bits per heavy atom. The smallest absolute Gasteiger partial charge is 0.167 e. The summed E-state index contributed by atoms with van der Waals surface area (Å²) < 4.78 is 0. The molecule has 1 nitrogen and oxygen atoms in total. The van der Waals surface area contributed by atoms with E-state index >= 15 is 0 Å². The molecular formula is C19H20O. The summed E-state index contributed by atoms with van der Waals surface area (Å²) in [6.07, 6.45) is 4.26. The highest BCUT2D eigenvalue weighted by Gasteiger charge is 2.23. The molecule has 2 aromatic carbocycles. The van der Waals surface area contributed by atoms with Gasteiger partial charge in [-0.3, -0.25) is 4.79 Å². The summed E-state index contributed by atoms with van der Waals surface area (Å²) in [5.41, 5.74) is 4.51. The van der Waals surface area contributed by atoms with Crippen LogP contribution in [-0.4, -0.2) is 5.78 Å². The molecular weight excluding hydrogens is 244 g/mol. The van der Waals surface area contributed by atoms with Crippen LogP contribution in [0.25, 0.3) is 0 Å². The van der Waals surface area contributed by atoms with Crippen molar-refractivity contribution in [1.29, 1.82) is 0 Å². The normalized spacial score (nSPS) is 14.8. The number of hydrogen-bond donors (Lipinski definition) is 0. The van der Waals surface area contributed by atoms with Crippen LogP contribution in [0.2, 0.25) is 0 Å². The van der Waals surface area contributed by atoms with Gasteiger partial charge in [-0.1, -0.05) is 60.5 Å². The summed E-state index contributed by atoms with van der Waals surface area (Å²) in [4.78, 5) is 12.6. The maximum Gasteiger partial charge on any atom is 0.167 e. The van der Waals surface area contributed by atoms with E-state index in [1.54, 1.807) is 0 Å². The van der Waals surface area contributed by atoms with Gasteiger partial charge in [0.1, 0.15) is 0 Å². The molecule has 1 saturated carbocycles. The van der Waals surface area contributed by atoms with Gasteiger partial charge < -0.3 is 0 Å². The highest BCUT2D eigenvalue weighted by atomic mass is 16.1. The van der Waals surface area contributed by atoms with Crippen molar-refractivity contribution in [3.8, 4) is 0 Å². The monoisotopic (exact) mass is 264 g/mol. The van der Waals surface area contributed by atoms with Crippen molar-refractivity contribution >= 4 is 5.78 Å². The number of hydrogen-bond acceptors (Lipinski definition) is 1. The maximum atomic E-state index is 12.6. The predicted molar refractivity (Wildman–Crippen MR) is 82.2 cm³/mol. The lowest BCUT2D eigenvalue weighted by atomic mass is 9.77. The standard InChI is InChI=1S/C19H20O/c1-14-6-4-7-15(12-14)13-19(20)18-11-3-2-10-17(18)16-8-5-9-16/h2-4,6-7,10-12,16H,5,8-9,13H2,1H3. The van der Waals surface area contributed by atoms with Gasteiger partial charge in [0.05, 0.1) is 0 Å². The van der Waals surface area contributed by atoms with Gasteiger partial charge in [-0.05, 0) is 36.8 Å². The first-order valence-corrected chi connectivity index (χ1v) is 7.42. The van der Waals surface area contributed by atoms with E-state index in [0.29, 0.717) is 12.3 Å². The zero-order chi connectivity index (χ0) is 13.9. The van der Waals surface area contributed by atoms with E-state index in [2.05, 4.69) is 31.2 Å². The molecule has 1 fully saturated rings. The molecule has 0 bridgehead atoms. The van der Waals surface area contributed by atoms with E-state index in [1.807, 2.05) is 24.3 Å². The minimum Gasteiger partial charge on any atom is -0.294 e. The van der Waals surface area contributed by atoms with Crippen molar-refractivity contribution in [2.45, 2.75) is 38.5 Å². The maximum absolute atomic E-state index is 12.6. The van der Waals surface area contributed by atoms with Crippen LogP contribution in [0.5, 0.6) is 0 Å². The number of carbonyl (C=O) groups is 1. The number of Topliss-reactive ketones (excluding diaryl/α,β-unsaturated/α-hetero) is 1. The van der Waals surface area contributed by atoms with Crippen LogP contribution in [-0.2, 0) is 6.42 Å². The van der Waals surface area contributed by atoms with Gasteiger partial charge in [-0.2, -0.15) is 0 Å². The van der Waals surface area contributed by atoms with E-state index in [4.69, 9.17) is 0 Å². The van der Waals surface area contributed by atoms with Gasteiger partial charge >= 0.3 is 0 Å². The molecule has 20 heavy (non-hydrogen) atoms. The van der Waals surface area contributed by atoms with Crippen molar-refractivity contribution in [3.63, 3.8) is 0 Å². The van der Waals surface area contributed by atoms with Crippen LogP contribution in [0.4, 0.5) is 0 Å². The van der Waals surface area contributed by atoms with Crippen LogP contribution < -0.4 is 0 Å². The Labute approximate surface area is 120 Å². The number of benzene rings is 2. The first kappa shape index (κ1) is 13.1. The lowest BCUT2D eigenvalue weighted by Crippen LogP contribution is -2.15. The van der Waals surface area contributed by atoms with Crippen LogP contribution in [0, 0.1) is 6.92 Å². The average molecular weight is 264 g/mol. The van der Waals surface area contributed by atoms with Gasteiger partial charge in [-0.25, -0.2) is 0 Å². The first-order chi connectivity index (χ1) is 9.74. The lowest BCUT2D eigenvalue weighted by Gasteiger charge is -2.27. The second-order valence-corrected chi connectivity index (χ2v) is 5.80. The van der Waals surface area contributed by atoms with Crippen molar-refractivity contribution in [1.82, 2.24) is 0 Å². The second-order valence-electron chi connectivity index (χ2n) is 5.80.